The van der Waals surface area contributed by atoms with Crippen molar-refractivity contribution in [1.29, 1.82) is 0 Å². The summed E-state index contributed by atoms with van der Waals surface area (Å²) >= 11 is 0. The number of aryl methyl sites for hydroxylation is 1. The maximum absolute atomic E-state index is 13.2. The van der Waals surface area contributed by atoms with Crippen molar-refractivity contribution in [2.75, 3.05) is 6.54 Å². The van der Waals surface area contributed by atoms with Crippen molar-refractivity contribution in [3.05, 3.63) is 89.5 Å². The number of alkyl halides is 3. The zero-order valence-corrected chi connectivity index (χ0v) is 20.4. The van der Waals surface area contributed by atoms with E-state index in [-0.39, 0.29) is 35.9 Å². The van der Waals surface area contributed by atoms with Crippen LogP contribution in [0.15, 0.2) is 71.6 Å². The molecule has 11 heteroatoms. The number of nitrogens with zero attached hydrogens (tertiary/aromatic N) is 2. The fraction of sp³-hybridized carbons (Fsp3) is 0.308. The largest absolute Gasteiger partial charge is 0.487 e. The lowest BCUT2D eigenvalue weighted by atomic mass is 10.0. The molecule has 0 amide bonds. The summed E-state index contributed by atoms with van der Waals surface area (Å²) in [5.74, 6) is -0.362. The van der Waals surface area contributed by atoms with E-state index in [0.717, 1.165) is 23.8 Å². The number of hydrogen-bond acceptors (Lipinski definition) is 5. The van der Waals surface area contributed by atoms with Crippen molar-refractivity contribution < 1.29 is 35.5 Å². The highest BCUT2D eigenvalue weighted by Gasteiger charge is 2.39. The Morgan fingerprint density at radius 1 is 1.05 bits per heavy atom. The normalized spacial score (nSPS) is 16.6. The third kappa shape index (κ3) is 6.53. The molecule has 0 saturated carbocycles. The maximum atomic E-state index is 13.2. The number of halogens is 4. The molecule has 4 rings (SSSR count). The topological polar surface area (TPSA) is 76.6 Å². The summed E-state index contributed by atoms with van der Waals surface area (Å²) in [6.07, 6.45) is -3.16. The summed E-state index contributed by atoms with van der Waals surface area (Å²) in [4.78, 5) is 16.5. The van der Waals surface area contributed by atoms with Crippen molar-refractivity contribution in [2.24, 2.45) is 0 Å². The van der Waals surface area contributed by atoms with Crippen LogP contribution in [0.1, 0.15) is 36.2 Å². The monoisotopic (exact) mass is 536 g/mol. The highest BCUT2D eigenvalue weighted by atomic mass is 32.2. The fourth-order valence-corrected chi connectivity index (χ4v) is 5.87. The van der Waals surface area contributed by atoms with Gasteiger partial charge in [0.25, 0.3) is 0 Å². The van der Waals surface area contributed by atoms with Crippen LogP contribution in [0.5, 0.6) is 5.75 Å². The summed E-state index contributed by atoms with van der Waals surface area (Å²) < 4.78 is 84.6. The first kappa shape index (κ1) is 26.7. The smallest absolute Gasteiger partial charge is 0.433 e. The molecule has 0 spiro atoms. The van der Waals surface area contributed by atoms with E-state index < -0.39 is 33.8 Å². The molecule has 0 unspecified atom stereocenters. The number of aromatic nitrogens is 1. The lowest BCUT2D eigenvalue weighted by Gasteiger charge is -2.23. The lowest BCUT2D eigenvalue weighted by Crippen LogP contribution is -2.40. The fourth-order valence-electron chi connectivity index (χ4n) is 4.19. The van der Waals surface area contributed by atoms with Crippen LogP contribution in [0.4, 0.5) is 17.6 Å². The number of benzene rings is 2. The number of sulfonamides is 1. The standard InChI is InChI=1S/C26H24F4N2O4S/c27-19-10-12-22(13-11-19)37(34,35)32-15-3-7-23(32)24(33)14-9-18-4-1-6-21(16-18)36-17-20-5-2-8-25(31-20)26(28,29)30/h1-2,4-6,8,10-13,16,23H,3,7,9,14-15,17H2/t23-/m0/s1. The summed E-state index contributed by atoms with van der Waals surface area (Å²) in [6.45, 7) is 0.0492. The van der Waals surface area contributed by atoms with Gasteiger partial charge in [0, 0.05) is 13.0 Å². The van der Waals surface area contributed by atoms with Crippen molar-refractivity contribution in [2.45, 2.75) is 49.4 Å². The number of ether oxygens (including phenoxy) is 1. The molecule has 196 valence electrons. The Balaban J connectivity index is 1.36. The van der Waals surface area contributed by atoms with Gasteiger partial charge in [-0.15, -0.1) is 0 Å². The molecule has 2 heterocycles. The van der Waals surface area contributed by atoms with Crippen LogP contribution >= 0.6 is 0 Å². The first-order valence-corrected chi connectivity index (χ1v) is 13.0. The molecule has 1 fully saturated rings. The van der Waals surface area contributed by atoms with E-state index in [4.69, 9.17) is 4.74 Å². The summed E-state index contributed by atoms with van der Waals surface area (Å²) in [6, 6.07) is 14.1. The van der Waals surface area contributed by atoms with Crippen LogP contribution in [0.2, 0.25) is 0 Å². The minimum absolute atomic E-state index is 0.0614. The molecule has 1 atom stereocenters. The lowest BCUT2D eigenvalue weighted by molar-refractivity contribution is -0.141. The Morgan fingerprint density at radius 3 is 2.51 bits per heavy atom. The Morgan fingerprint density at radius 2 is 1.78 bits per heavy atom. The minimum atomic E-state index is -4.55. The quantitative estimate of drug-likeness (QED) is 0.353. The first-order valence-electron chi connectivity index (χ1n) is 11.6. The van der Waals surface area contributed by atoms with Gasteiger partial charge in [-0.2, -0.15) is 17.5 Å². The van der Waals surface area contributed by atoms with Crippen LogP contribution in [-0.4, -0.2) is 36.1 Å². The van der Waals surface area contributed by atoms with E-state index >= 15 is 0 Å². The van der Waals surface area contributed by atoms with E-state index in [1.54, 1.807) is 24.3 Å². The molecule has 0 radical (unpaired) electrons. The van der Waals surface area contributed by atoms with E-state index in [2.05, 4.69) is 4.98 Å². The van der Waals surface area contributed by atoms with Gasteiger partial charge in [-0.1, -0.05) is 18.2 Å². The minimum Gasteiger partial charge on any atom is -0.487 e. The summed E-state index contributed by atoms with van der Waals surface area (Å²) in [5.41, 5.74) is -0.115. The molecule has 0 bridgehead atoms. The average molecular weight is 537 g/mol. The van der Waals surface area contributed by atoms with Crippen LogP contribution < -0.4 is 4.74 Å². The Hall–Kier alpha value is -3.31. The number of ketones is 1. The highest BCUT2D eigenvalue weighted by molar-refractivity contribution is 7.89. The van der Waals surface area contributed by atoms with Gasteiger partial charge in [-0.05, 0) is 73.4 Å². The molecule has 37 heavy (non-hydrogen) atoms. The van der Waals surface area contributed by atoms with Gasteiger partial charge < -0.3 is 4.74 Å². The molecule has 2 aromatic carbocycles. The van der Waals surface area contributed by atoms with Gasteiger partial charge in [0.2, 0.25) is 10.0 Å². The van der Waals surface area contributed by atoms with Crippen LogP contribution in [0.3, 0.4) is 0 Å². The first-order chi connectivity index (χ1) is 17.5. The maximum Gasteiger partial charge on any atom is 0.433 e. The third-order valence-electron chi connectivity index (χ3n) is 6.04. The Kier molecular flexibility index (Phi) is 7.93. The molecule has 3 aromatic rings. The van der Waals surface area contributed by atoms with Crippen molar-refractivity contribution in [3.8, 4) is 5.75 Å². The number of carbonyl (C=O) groups is 1. The SMILES string of the molecule is O=C(CCc1cccc(OCc2cccc(C(F)(F)F)n2)c1)[C@@H]1CCCN1S(=O)(=O)c1ccc(F)cc1. The van der Waals surface area contributed by atoms with E-state index in [9.17, 15) is 30.8 Å². The Bertz CT molecular complexity index is 1360. The second-order valence-electron chi connectivity index (χ2n) is 8.64. The third-order valence-corrected chi connectivity index (χ3v) is 7.96. The second-order valence-corrected chi connectivity index (χ2v) is 10.5. The van der Waals surface area contributed by atoms with Gasteiger partial charge in [-0.25, -0.2) is 17.8 Å². The van der Waals surface area contributed by atoms with Crippen molar-refractivity contribution in [3.63, 3.8) is 0 Å². The zero-order chi connectivity index (χ0) is 26.6. The average Bonchev–Trinajstić information content (AvgIpc) is 3.38. The van der Waals surface area contributed by atoms with Gasteiger partial charge in [-0.3, -0.25) is 4.79 Å². The summed E-state index contributed by atoms with van der Waals surface area (Å²) in [7, 11) is -3.94. The second kappa shape index (κ2) is 11.0. The van der Waals surface area contributed by atoms with Crippen molar-refractivity contribution in [1.82, 2.24) is 9.29 Å². The zero-order valence-electron chi connectivity index (χ0n) is 19.6. The number of hydrogen-bond donors (Lipinski definition) is 0. The molecule has 1 aliphatic rings. The molecular formula is C26H24F4N2O4S. The van der Waals surface area contributed by atoms with E-state index in [1.807, 2.05) is 0 Å². The highest BCUT2D eigenvalue weighted by Crippen LogP contribution is 2.29. The van der Waals surface area contributed by atoms with Crippen LogP contribution in [-0.2, 0) is 34.0 Å². The van der Waals surface area contributed by atoms with Gasteiger partial charge >= 0.3 is 6.18 Å². The molecule has 1 aromatic heterocycles. The van der Waals surface area contributed by atoms with E-state index in [0.29, 0.717) is 25.0 Å². The molecule has 6 nitrogen and oxygen atoms in total. The van der Waals surface area contributed by atoms with Crippen LogP contribution in [0, 0.1) is 5.82 Å². The molecule has 1 aliphatic heterocycles. The predicted molar refractivity (Wildman–Crippen MR) is 127 cm³/mol. The molecule has 1 saturated heterocycles. The van der Waals surface area contributed by atoms with Crippen molar-refractivity contribution >= 4 is 15.8 Å². The Labute approximate surface area is 212 Å². The molecule has 0 aliphatic carbocycles. The summed E-state index contributed by atoms with van der Waals surface area (Å²) in [5, 5.41) is 0. The number of Topliss-reactive ketones (excluding diaryl/α,β-unsaturated/α-hetero) is 1. The predicted octanol–water partition coefficient (Wildman–Crippen LogP) is 5.17. The molecular weight excluding hydrogens is 512 g/mol. The van der Waals surface area contributed by atoms with E-state index in [1.165, 1.54) is 28.6 Å². The van der Waals surface area contributed by atoms with Gasteiger partial charge in [0.15, 0.2) is 5.78 Å². The number of carbonyl (C=O) groups excluding carboxylic acids is 1. The van der Waals surface area contributed by atoms with Gasteiger partial charge in [0.1, 0.15) is 23.9 Å². The molecule has 0 N–H and O–H groups in total. The van der Waals surface area contributed by atoms with Gasteiger partial charge in [0.05, 0.1) is 16.6 Å². The number of pyridine rings is 1. The number of rotatable bonds is 9. The van der Waals surface area contributed by atoms with Crippen LogP contribution in [0.25, 0.3) is 0 Å².